The summed E-state index contributed by atoms with van der Waals surface area (Å²) in [7, 11) is -0.256. The van der Waals surface area contributed by atoms with E-state index < -0.39 is 0 Å². The average molecular weight is 419 g/mol. The molecule has 0 aromatic heterocycles. The van der Waals surface area contributed by atoms with Gasteiger partial charge in [0.2, 0.25) is 0 Å². The third kappa shape index (κ3) is 4.55. The van der Waals surface area contributed by atoms with Crippen LogP contribution in [-0.2, 0) is 0 Å². The maximum atomic E-state index is 2.41. The fourth-order valence-corrected chi connectivity index (χ4v) is 10.1. The molecular formula is C29H39P. The summed E-state index contributed by atoms with van der Waals surface area (Å²) in [5, 5.41) is 3.19. The second-order valence-corrected chi connectivity index (χ2v) is 12.5. The van der Waals surface area contributed by atoms with Gasteiger partial charge in [0.25, 0.3) is 0 Å². The van der Waals surface area contributed by atoms with E-state index in [0.29, 0.717) is 0 Å². The van der Waals surface area contributed by atoms with Gasteiger partial charge in [-0.2, -0.15) is 0 Å². The molecule has 2 aromatic carbocycles. The zero-order valence-corrected chi connectivity index (χ0v) is 19.5. The zero-order chi connectivity index (χ0) is 20.2. The van der Waals surface area contributed by atoms with E-state index in [-0.39, 0.29) is 7.92 Å². The van der Waals surface area contributed by atoms with Crippen molar-refractivity contribution in [3.63, 3.8) is 0 Å². The fraction of sp³-hybridized carbons (Fsp3) is 0.586. The van der Waals surface area contributed by atoms with Crippen LogP contribution in [0.5, 0.6) is 0 Å². The van der Waals surface area contributed by atoms with Crippen molar-refractivity contribution >= 4 is 18.5 Å². The molecule has 0 bridgehead atoms. The highest BCUT2D eigenvalue weighted by atomic mass is 31.1. The first-order valence-corrected chi connectivity index (χ1v) is 14.3. The quantitative estimate of drug-likeness (QED) is 0.425. The molecule has 3 fully saturated rings. The Morgan fingerprint density at radius 3 is 1.90 bits per heavy atom. The van der Waals surface area contributed by atoms with Crippen LogP contribution in [0.3, 0.4) is 0 Å². The van der Waals surface area contributed by atoms with Crippen molar-refractivity contribution in [1.82, 2.24) is 0 Å². The molecule has 3 aliphatic rings. The first-order valence-electron chi connectivity index (χ1n) is 12.8. The minimum absolute atomic E-state index is 0.256. The van der Waals surface area contributed by atoms with Gasteiger partial charge in [0.15, 0.2) is 0 Å². The molecule has 0 saturated heterocycles. The Bertz CT molecular complexity index is 724. The van der Waals surface area contributed by atoms with Crippen LogP contribution in [0.4, 0.5) is 0 Å². The molecule has 2 aromatic rings. The predicted molar refractivity (Wildman–Crippen MR) is 132 cm³/mol. The maximum absolute atomic E-state index is 2.41. The van der Waals surface area contributed by atoms with Crippen LogP contribution in [0.15, 0.2) is 60.7 Å². The molecule has 0 radical (unpaired) electrons. The van der Waals surface area contributed by atoms with Crippen molar-refractivity contribution in [3.05, 3.63) is 60.7 Å². The van der Waals surface area contributed by atoms with Gasteiger partial charge in [-0.05, 0) is 73.5 Å². The van der Waals surface area contributed by atoms with Crippen LogP contribution >= 0.6 is 7.92 Å². The van der Waals surface area contributed by atoms with Crippen molar-refractivity contribution in [2.75, 3.05) is 6.16 Å². The molecule has 0 heterocycles. The summed E-state index contributed by atoms with van der Waals surface area (Å²) < 4.78 is 0. The van der Waals surface area contributed by atoms with E-state index >= 15 is 0 Å². The third-order valence-electron chi connectivity index (χ3n) is 8.72. The van der Waals surface area contributed by atoms with Gasteiger partial charge in [0.05, 0.1) is 0 Å². The summed E-state index contributed by atoms with van der Waals surface area (Å²) in [6, 6.07) is 23.1. The average Bonchev–Trinajstić information content (AvgIpc) is 3.25. The lowest BCUT2D eigenvalue weighted by molar-refractivity contribution is 0.130. The number of hydrogen-bond acceptors (Lipinski definition) is 0. The molecule has 4 atom stereocenters. The Hall–Kier alpha value is -1.13. The Kier molecular flexibility index (Phi) is 6.91. The van der Waals surface area contributed by atoms with Gasteiger partial charge in [-0.1, -0.05) is 112 Å². The van der Waals surface area contributed by atoms with Gasteiger partial charge in [-0.25, -0.2) is 0 Å². The molecule has 1 heteroatoms. The SMILES string of the molecule is c1ccc(P(C[C@H](C2CCCCC2)C2CCC3CCCCC32)c2ccccc2)cc1. The van der Waals surface area contributed by atoms with Gasteiger partial charge >= 0.3 is 0 Å². The molecule has 5 rings (SSSR count). The minimum Gasteiger partial charge on any atom is -0.0622 e. The van der Waals surface area contributed by atoms with Crippen molar-refractivity contribution < 1.29 is 0 Å². The Morgan fingerprint density at radius 1 is 0.633 bits per heavy atom. The lowest BCUT2D eigenvalue weighted by atomic mass is 9.68. The maximum Gasteiger partial charge on any atom is -0.0195 e. The highest BCUT2D eigenvalue weighted by Crippen LogP contribution is 2.54. The summed E-state index contributed by atoms with van der Waals surface area (Å²) in [6.45, 7) is 0. The smallest absolute Gasteiger partial charge is 0.0195 e. The van der Waals surface area contributed by atoms with E-state index in [9.17, 15) is 0 Å². The van der Waals surface area contributed by atoms with Gasteiger partial charge in [-0.3, -0.25) is 0 Å². The third-order valence-corrected chi connectivity index (χ3v) is 11.4. The van der Waals surface area contributed by atoms with Crippen molar-refractivity contribution in [2.45, 2.75) is 70.6 Å². The number of benzene rings is 2. The van der Waals surface area contributed by atoms with Crippen molar-refractivity contribution in [1.29, 1.82) is 0 Å². The van der Waals surface area contributed by atoms with Crippen LogP contribution in [-0.4, -0.2) is 6.16 Å². The highest BCUT2D eigenvalue weighted by Gasteiger charge is 2.44. The lowest BCUT2D eigenvalue weighted by Gasteiger charge is -2.41. The van der Waals surface area contributed by atoms with E-state index in [1.54, 1.807) is 10.6 Å². The molecular weight excluding hydrogens is 379 g/mol. The first kappa shape index (κ1) is 20.8. The molecule has 160 valence electrons. The monoisotopic (exact) mass is 418 g/mol. The molecule has 3 aliphatic carbocycles. The van der Waals surface area contributed by atoms with Crippen LogP contribution in [0.1, 0.15) is 70.6 Å². The molecule has 30 heavy (non-hydrogen) atoms. The van der Waals surface area contributed by atoms with Gasteiger partial charge in [-0.15, -0.1) is 0 Å². The van der Waals surface area contributed by atoms with Crippen molar-refractivity contribution in [2.24, 2.45) is 29.6 Å². The number of hydrogen-bond donors (Lipinski definition) is 0. The van der Waals surface area contributed by atoms with E-state index in [2.05, 4.69) is 60.7 Å². The van der Waals surface area contributed by atoms with E-state index in [0.717, 1.165) is 29.6 Å². The number of rotatable bonds is 6. The van der Waals surface area contributed by atoms with E-state index in [1.165, 1.54) is 76.8 Å². The van der Waals surface area contributed by atoms with Crippen molar-refractivity contribution in [3.8, 4) is 0 Å². The molecule has 0 aliphatic heterocycles. The summed E-state index contributed by atoms with van der Waals surface area (Å²) in [5.74, 6) is 5.06. The van der Waals surface area contributed by atoms with Crippen LogP contribution in [0.2, 0.25) is 0 Å². The second kappa shape index (κ2) is 9.99. The minimum atomic E-state index is -0.256. The van der Waals surface area contributed by atoms with Gasteiger partial charge in [0, 0.05) is 0 Å². The second-order valence-electron chi connectivity index (χ2n) is 10.3. The molecule has 0 spiro atoms. The molecule has 0 N–H and O–H groups in total. The summed E-state index contributed by atoms with van der Waals surface area (Å²) in [5.41, 5.74) is 0. The summed E-state index contributed by atoms with van der Waals surface area (Å²) in [4.78, 5) is 0. The van der Waals surface area contributed by atoms with Crippen LogP contribution in [0, 0.1) is 29.6 Å². The van der Waals surface area contributed by atoms with E-state index in [1.807, 2.05) is 0 Å². The van der Waals surface area contributed by atoms with Gasteiger partial charge < -0.3 is 0 Å². The predicted octanol–water partition coefficient (Wildman–Crippen LogP) is 7.53. The topological polar surface area (TPSA) is 0 Å². The lowest BCUT2D eigenvalue weighted by Crippen LogP contribution is -2.34. The van der Waals surface area contributed by atoms with E-state index in [4.69, 9.17) is 0 Å². The molecule has 0 nitrogen and oxygen atoms in total. The van der Waals surface area contributed by atoms with Gasteiger partial charge in [0.1, 0.15) is 0 Å². The zero-order valence-electron chi connectivity index (χ0n) is 18.6. The van der Waals surface area contributed by atoms with Crippen LogP contribution < -0.4 is 10.6 Å². The summed E-state index contributed by atoms with van der Waals surface area (Å²) in [6.07, 6.45) is 18.0. The molecule has 0 amide bonds. The molecule has 3 saturated carbocycles. The largest absolute Gasteiger partial charge is 0.0622 e. The Morgan fingerprint density at radius 2 is 1.23 bits per heavy atom. The Balaban J connectivity index is 1.46. The first-order chi connectivity index (χ1) is 14.9. The highest BCUT2D eigenvalue weighted by molar-refractivity contribution is 7.73. The van der Waals surface area contributed by atoms with Crippen LogP contribution in [0.25, 0.3) is 0 Å². The normalized spacial score (nSPS) is 28.4. The summed E-state index contributed by atoms with van der Waals surface area (Å²) >= 11 is 0. The standard InChI is InChI=1S/C29H39P/c1-4-12-23(13-5-1)29(28-21-20-24-14-10-11-19-27(24)28)22-30(25-15-6-2-7-16-25)26-17-8-3-9-18-26/h2-3,6-9,15-18,23-24,27-29H,1,4-5,10-14,19-22H2/t24?,27?,28?,29-/m1/s1. The molecule has 3 unspecified atom stereocenters. The fourth-order valence-electron chi connectivity index (χ4n) is 7.29. The Labute approximate surface area is 185 Å². The number of fused-ring (bicyclic) bond motifs is 1.